The van der Waals surface area contributed by atoms with Crippen molar-refractivity contribution in [1.82, 2.24) is 0 Å². The fourth-order valence-electron chi connectivity index (χ4n) is 3.99. The Hall–Kier alpha value is -1.54. The van der Waals surface area contributed by atoms with Gasteiger partial charge < -0.3 is 19.6 Å². The molecule has 0 atom stereocenters. The van der Waals surface area contributed by atoms with Crippen LogP contribution in [0.15, 0.2) is 107 Å². The molecular formula is C31H43OSi3Ti. The summed E-state index contributed by atoms with van der Waals surface area (Å²) in [4.78, 5) is 11.6. The van der Waals surface area contributed by atoms with E-state index in [2.05, 4.69) is 51.4 Å². The maximum atomic E-state index is 11.6. The van der Waals surface area contributed by atoms with Crippen LogP contribution in [0.1, 0.15) is 6.42 Å². The summed E-state index contributed by atoms with van der Waals surface area (Å²) in [6.07, 6.45) is 7.28. The van der Waals surface area contributed by atoms with E-state index in [1.807, 2.05) is 91.0 Å². The third-order valence-corrected chi connectivity index (χ3v) is 13.7. The summed E-state index contributed by atoms with van der Waals surface area (Å²) in [7, 11) is -5.04. The molecule has 0 aromatic heterocycles. The van der Waals surface area contributed by atoms with Crippen LogP contribution in [0.25, 0.3) is 0 Å². The molecule has 0 saturated carbocycles. The zero-order valence-electron chi connectivity index (χ0n) is 23.4. The van der Waals surface area contributed by atoms with Crippen LogP contribution in [0, 0.1) is 20.9 Å². The molecule has 36 heavy (non-hydrogen) atoms. The Morgan fingerprint density at radius 3 is 1.14 bits per heavy atom. The minimum atomic E-state index is -2.88. The molecule has 0 heterocycles. The monoisotopic (exact) mass is 563 g/mol. The number of rotatable bonds is 5. The Labute approximate surface area is 239 Å². The molecule has 3 aromatic rings. The van der Waals surface area contributed by atoms with E-state index in [0.29, 0.717) is 0 Å². The molecule has 0 saturated heterocycles. The molecule has 5 heteroatoms. The standard InChI is InChI=1S/C18H16OSi.C11H21Si2.2CH3.Ti/c19-20(16-10-4-1-5-11-16,17-12-6-2-7-13-17)18-14-8-3-9-15-18;1-12(2,3)10-7-8-11(9-10)13(4,5)6;;;/h1-15,19H;7H,8H2,1-6H3;2*1H3;/q;3*-1;+3. The summed E-state index contributed by atoms with van der Waals surface area (Å²) in [5.74, 6) is 0. The Kier molecular flexibility index (Phi) is 13.8. The maximum absolute atomic E-state index is 11.6. The summed E-state index contributed by atoms with van der Waals surface area (Å²) in [6.45, 7) is 14.4. The first-order valence-electron chi connectivity index (χ1n) is 11.8. The fraction of sp³-hybridized carbons (Fsp3) is 0.226. The normalized spacial score (nSPS) is 13.0. The van der Waals surface area contributed by atoms with Crippen molar-refractivity contribution >= 4 is 40.0 Å². The van der Waals surface area contributed by atoms with Crippen molar-refractivity contribution < 1.29 is 26.5 Å². The van der Waals surface area contributed by atoms with E-state index in [1.165, 1.54) is 6.42 Å². The molecular weight excluding hydrogens is 520 g/mol. The quantitative estimate of drug-likeness (QED) is 0.218. The van der Waals surface area contributed by atoms with Crippen molar-refractivity contribution in [2.24, 2.45) is 0 Å². The Morgan fingerprint density at radius 2 is 0.917 bits per heavy atom. The van der Waals surface area contributed by atoms with E-state index in [-0.39, 0.29) is 36.6 Å². The van der Waals surface area contributed by atoms with Gasteiger partial charge in [0, 0.05) is 8.07 Å². The molecule has 1 aliphatic rings. The van der Waals surface area contributed by atoms with Crippen molar-refractivity contribution in [2.45, 2.75) is 45.7 Å². The number of hydrogen-bond acceptors (Lipinski definition) is 1. The minimum Gasteiger partial charge on any atom is -0.421 e. The van der Waals surface area contributed by atoms with Crippen LogP contribution in [-0.2, 0) is 21.7 Å². The summed E-state index contributed by atoms with van der Waals surface area (Å²) < 4.78 is 0. The van der Waals surface area contributed by atoms with Gasteiger partial charge in [-0.15, -0.1) is 6.42 Å². The molecule has 0 unspecified atom stereocenters. The molecule has 0 fully saturated rings. The van der Waals surface area contributed by atoms with Gasteiger partial charge in [-0.3, -0.25) is 6.08 Å². The van der Waals surface area contributed by atoms with E-state index < -0.39 is 24.5 Å². The number of allylic oxidation sites excluding steroid dienone is 4. The van der Waals surface area contributed by atoms with Crippen molar-refractivity contribution in [1.29, 1.82) is 0 Å². The minimum absolute atomic E-state index is 0. The van der Waals surface area contributed by atoms with Gasteiger partial charge in [0.1, 0.15) is 0 Å². The van der Waals surface area contributed by atoms with Crippen LogP contribution in [0.4, 0.5) is 0 Å². The van der Waals surface area contributed by atoms with Crippen LogP contribution >= 0.6 is 0 Å². The molecule has 0 amide bonds. The second-order valence-corrected chi connectivity index (χ2v) is 24.0. The first-order chi connectivity index (χ1) is 15.5. The van der Waals surface area contributed by atoms with Gasteiger partial charge in [0.15, 0.2) is 0 Å². The molecule has 189 valence electrons. The van der Waals surface area contributed by atoms with Crippen LogP contribution in [0.3, 0.4) is 0 Å². The predicted molar refractivity (Wildman–Crippen MR) is 165 cm³/mol. The average Bonchev–Trinajstić information content (AvgIpc) is 3.33. The van der Waals surface area contributed by atoms with Gasteiger partial charge in [-0.05, 0) is 15.6 Å². The molecule has 1 radical (unpaired) electrons. The third kappa shape index (κ3) is 8.51. The van der Waals surface area contributed by atoms with E-state index >= 15 is 0 Å². The number of hydrogen-bond donors (Lipinski definition) is 1. The Balaban J connectivity index is 0.000000679. The Bertz CT molecular complexity index is 1000. The van der Waals surface area contributed by atoms with Gasteiger partial charge in [-0.2, -0.15) is 5.20 Å². The van der Waals surface area contributed by atoms with E-state index in [9.17, 15) is 4.80 Å². The van der Waals surface area contributed by atoms with Gasteiger partial charge in [-0.1, -0.05) is 130 Å². The zero-order valence-corrected chi connectivity index (χ0v) is 28.0. The topological polar surface area (TPSA) is 20.2 Å². The van der Waals surface area contributed by atoms with Crippen LogP contribution in [0.5, 0.6) is 0 Å². The predicted octanol–water partition coefficient (Wildman–Crippen LogP) is 6.34. The third-order valence-electron chi connectivity index (χ3n) is 6.08. The first kappa shape index (κ1) is 34.5. The second-order valence-electron chi connectivity index (χ2n) is 10.7. The second kappa shape index (κ2) is 14.4. The SMILES string of the molecule is C[Si](C)(C)C1=[C-]C([Si](C)(C)C)=CC1.O[Si](c1ccccc1)(c1ccccc1)c1ccccc1.[CH3-].[CH3-].[Ti+3]. The summed E-state index contributed by atoms with van der Waals surface area (Å²) in [6, 6.07) is 30.0. The summed E-state index contributed by atoms with van der Waals surface area (Å²) >= 11 is 0. The van der Waals surface area contributed by atoms with Gasteiger partial charge in [0.2, 0.25) is 0 Å². The molecule has 4 rings (SSSR count). The summed E-state index contributed by atoms with van der Waals surface area (Å²) in [5.41, 5.74) is 0. The fourth-order valence-corrected chi connectivity index (χ4v) is 9.61. The molecule has 1 nitrogen and oxygen atoms in total. The molecule has 3 aromatic carbocycles. The van der Waals surface area contributed by atoms with Gasteiger partial charge in [-0.25, -0.2) is 11.3 Å². The largest absolute Gasteiger partial charge is 3.00 e. The molecule has 1 aliphatic carbocycles. The maximum Gasteiger partial charge on any atom is 3.00 e. The van der Waals surface area contributed by atoms with E-state index in [4.69, 9.17) is 0 Å². The van der Waals surface area contributed by atoms with Gasteiger partial charge >= 0.3 is 21.7 Å². The van der Waals surface area contributed by atoms with E-state index in [0.717, 1.165) is 15.6 Å². The van der Waals surface area contributed by atoms with Crippen LogP contribution in [-0.4, -0.2) is 29.3 Å². The van der Waals surface area contributed by atoms with E-state index in [1.54, 1.807) is 10.4 Å². The average molecular weight is 564 g/mol. The van der Waals surface area contributed by atoms with Gasteiger partial charge in [0.25, 0.3) is 8.32 Å². The van der Waals surface area contributed by atoms with Crippen molar-refractivity contribution in [3.8, 4) is 0 Å². The molecule has 0 spiro atoms. The van der Waals surface area contributed by atoms with Crippen LogP contribution in [0.2, 0.25) is 39.3 Å². The zero-order chi connectivity index (χ0) is 24.1. The van der Waals surface area contributed by atoms with Crippen LogP contribution < -0.4 is 15.6 Å². The Morgan fingerprint density at radius 1 is 0.583 bits per heavy atom. The molecule has 0 aliphatic heterocycles. The summed E-state index contributed by atoms with van der Waals surface area (Å²) in [5, 5.41) is 6.20. The number of benzene rings is 3. The van der Waals surface area contributed by atoms with Gasteiger partial charge in [0.05, 0.1) is 8.07 Å². The molecule has 0 bridgehead atoms. The van der Waals surface area contributed by atoms with Crippen molar-refractivity contribution in [3.63, 3.8) is 0 Å². The smallest absolute Gasteiger partial charge is 0.421 e. The molecule has 1 N–H and O–H groups in total. The first-order valence-corrected chi connectivity index (χ1v) is 20.7. The van der Waals surface area contributed by atoms with Crippen molar-refractivity contribution in [2.75, 3.05) is 0 Å². The van der Waals surface area contributed by atoms with Crippen molar-refractivity contribution in [3.05, 3.63) is 128 Å².